The van der Waals surface area contributed by atoms with Crippen LogP contribution in [-0.4, -0.2) is 36.9 Å². The van der Waals surface area contributed by atoms with Gasteiger partial charge in [-0.1, -0.05) is 29.8 Å². The molecule has 0 unspecified atom stereocenters. The van der Waals surface area contributed by atoms with E-state index in [9.17, 15) is 13.2 Å². The number of alkyl halides is 3. The number of hydrogen-bond donors (Lipinski definition) is 2. The Balaban J connectivity index is 2.08. The fourth-order valence-corrected chi connectivity index (χ4v) is 2.61. The number of hydrazine groups is 1. The van der Waals surface area contributed by atoms with Gasteiger partial charge in [0.1, 0.15) is 6.54 Å². The van der Waals surface area contributed by atoms with E-state index in [-0.39, 0.29) is 12.6 Å². The monoisotopic (exact) mass is 321 g/mol. The van der Waals surface area contributed by atoms with Crippen molar-refractivity contribution >= 4 is 11.6 Å². The van der Waals surface area contributed by atoms with Crippen molar-refractivity contribution in [1.29, 1.82) is 0 Å². The summed E-state index contributed by atoms with van der Waals surface area (Å²) in [6, 6.07) is 5.43. The second kappa shape index (κ2) is 6.96. The summed E-state index contributed by atoms with van der Waals surface area (Å²) >= 11 is 6.18. The fourth-order valence-electron chi connectivity index (χ4n) is 2.42. The standard InChI is InChI=1S/C14H19ClF3N3/c1-10-3-2-4-11(13(10)15)8-21(9-14(16,17)18)20-12-5-6-19-7-12/h2-4,12,19-20H,5-9H2,1H3/t12-/m0/s1. The van der Waals surface area contributed by atoms with Crippen molar-refractivity contribution in [3.63, 3.8) is 0 Å². The molecule has 1 fully saturated rings. The maximum atomic E-state index is 12.7. The van der Waals surface area contributed by atoms with Gasteiger partial charge in [-0.05, 0) is 31.0 Å². The van der Waals surface area contributed by atoms with E-state index < -0.39 is 12.7 Å². The maximum Gasteiger partial charge on any atom is 0.402 e. The van der Waals surface area contributed by atoms with Crippen LogP contribution in [-0.2, 0) is 6.54 Å². The van der Waals surface area contributed by atoms with Gasteiger partial charge in [-0.25, -0.2) is 5.01 Å². The molecule has 1 aliphatic rings. The second-order valence-corrected chi connectivity index (χ2v) is 5.72. The molecule has 1 saturated heterocycles. The molecule has 1 aromatic carbocycles. The summed E-state index contributed by atoms with van der Waals surface area (Å²) in [5.74, 6) is 0. The van der Waals surface area contributed by atoms with Crippen molar-refractivity contribution in [1.82, 2.24) is 15.8 Å². The zero-order valence-electron chi connectivity index (χ0n) is 11.8. The van der Waals surface area contributed by atoms with Crippen LogP contribution in [0.25, 0.3) is 0 Å². The molecular formula is C14H19ClF3N3. The van der Waals surface area contributed by atoms with Crippen LogP contribution in [0, 0.1) is 6.92 Å². The molecule has 0 aromatic heterocycles. The van der Waals surface area contributed by atoms with Gasteiger partial charge in [0.2, 0.25) is 0 Å². The van der Waals surface area contributed by atoms with Gasteiger partial charge in [0.15, 0.2) is 0 Å². The Morgan fingerprint density at radius 2 is 2.19 bits per heavy atom. The summed E-state index contributed by atoms with van der Waals surface area (Å²) in [6.45, 7) is 2.46. The van der Waals surface area contributed by atoms with Crippen LogP contribution in [0.4, 0.5) is 13.2 Å². The zero-order valence-corrected chi connectivity index (χ0v) is 12.6. The molecule has 0 amide bonds. The van der Waals surface area contributed by atoms with Gasteiger partial charge in [-0.2, -0.15) is 13.2 Å². The molecule has 0 bridgehead atoms. The SMILES string of the molecule is Cc1cccc(CN(CC(F)(F)F)N[C@H]2CCNC2)c1Cl. The quantitative estimate of drug-likeness (QED) is 0.817. The molecule has 3 nitrogen and oxygen atoms in total. The first-order chi connectivity index (χ1) is 9.85. The molecule has 0 radical (unpaired) electrons. The molecule has 1 aliphatic heterocycles. The van der Waals surface area contributed by atoms with Crippen LogP contribution in [0.15, 0.2) is 18.2 Å². The van der Waals surface area contributed by atoms with Crippen molar-refractivity contribution in [2.75, 3.05) is 19.6 Å². The fraction of sp³-hybridized carbons (Fsp3) is 0.571. The predicted octanol–water partition coefficient (Wildman–Crippen LogP) is 2.88. The third-order valence-electron chi connectivity index (χ3n) is 3.43. The largest absolute Gasteiger partial charge is 0.402 e. The summed E-state index contributed by atoms with van der Waals surface area (Å²) in [7, 11) is 0. The highest BCUT2D eigenvalue weighted by molar-refractivity contribution is 6.32. The molecule has 118 valence electrons. The van der Waals surface area contributed by atoms with E-state index in [4.69, 9.17) is 11.6 Å². The van der Waals surface area contributed by atoms with E-state index >= 15 is 0 Å². The van der Waals surface area contributed by atoms with E-state index in [0.717, 1.165) is 18.5 Å². The molecule has 1 atom stereocenters. The van der Waals surface area contributed by atoms with Crippen LogP contribution >= 0.6 is 11.6 Å². The smallest absolute Gasteiger partial charge is 0.315 e. The minimum Gasteiger partial charge on any atom is -0.315 e. The van der Waals surface area contributed by atoms with Gasteiger partial charge in [-0.3, -0.25) is 5.43 Å². The Morgan fingerprint density at radius 3 is 2.81 bits per heavy atom. The van der Waals surface area contributed by atoms with Crippen molar-refractivity contribution in [2.24, 2.45) is 0 Å². The lowest BCUT2D eigenvalue weighted by molar-refractivity contribution is -0.155. The molecular weight excluding hydrogens is 303 g/mol. The van der Waals surface area contributed by atoms with E-state index in [1.54, 1.807) is 12.1 Å². The van der Waals surface area contributed by atoms with Crippen molar-refractivity contribution in [3.8, 4) is 0 Å². The zero-order chi connectivity index (χ0) is 15.5. The van der Waals surface area contributed by atoms with Crippen LogP contribution in [0.3, 0.4) is 0 Å². The second-order valence-electron chi connectivity index (χ2n) is 5.34. The first-order valence-electron chi connectivity index (χ1n) is 6.88. The molecule has 2 N–H and O–H groups in total. The molecule has 1 heterocycles. The summed E-state index contributed by atoms with van der Waals surface area (Å²) < 4.78 is 38.2. The third-order valence-corrected chi connectivity index (χ3v) is 3.97. The molecule has 0 saturated carbocycles. The number of rotatable bonds is 5. The van der Waals surface area contributed by atoms with E-state index in [0.29, 0.717) is 17.1 Å². The maximum absolute atomic E-state index is 12.7. The number of hydrogen-bond acceptors (Lipinski definition) is 3. The number of nitrogens with one attached hydrogen (secondary N) is 2. The summed E-state index contributed by atoms with van der Waals surface area (Å²) in [5.41, 5.74) is 4.52. The Bertz CT molecular complexity index is 473. The van der Waals surface area contributed by atoms with Crippen LogP contribution in [0.1, 0.15) is 17.5 Å². The molecule has 7 heteroatoms. The molecule has 2 rings (SSSR count). The Hall–Kier alpha value is -0.820. The highest BCUT2D eigenvalue weighted by atomic mass is 35.5. The van der Waals surface area contributed by atoms with Crippen LogP contribution in [0.5, 0.6) is 0 Å². The minimum absolute atomic E-state index is 0.0240. The number of benzene rings is 1. The van der Waals surface area contributed by atoms with Crippen molar-refractivity contribution in [2.45, 2.75) is 32.1 Å². The lowest BCUT2D eigenvalue weighted by Gasteiger charge is -2.28. The van der Waals surface area contributed by atoms with Gasteiger partial charge >= 0.3 is 6.18 Å². The average molecular weight is 322 g/mol. The number of halogens is 4. The van der Waals surface area contributed by atoms with E-state index in [2.05, 4.69) is 10.7 Å². The van der Waals surface area contributed by atoms with Gasteiger partial charge in [0.25, 0.3) is 0 Å². The first kappa shape index (κ1) is 16.5. The van der Waals surface area contributed by atoms with Gasteiger partial charge in [0.05, 0.1) is 0 Å². The van der Waals surface area contributed by atoms with E-state index in [1.165, 1.54) is 5.01 Å². The van der Waals surface area contributed by atoms with Gasteiger partial charge in [-0.15, -0.1) is 0 Å². The topological polar surface area (TPSA) is 27.3 Å². The lowest BCUT2D eigenvalue weighted by Crippen LogP contribution is -2.49. The van der Waals surface area contributed by atoms with Crippen molar-refractivity contribution < 1.29 is 13.2 Å². The summed E-state index contributed by atoms with van der Waals surface area (Å²) in [6.07, 6.45) is -3.44. The van der Waals surface area contributed by atoms with Crippen LogP contribution < -0.4 is 10.7 Å². The average Bonchev–Trinajstić information content (AvgIpc) is 2.85. The highest BCUT2D eigenvalue weighted by Gasteiger charge is 2.32. The molecule has 0 spiro atoms. The van der Waals surface area contributed by atoms with Gasteiger partial charge in [0, 0.05) is 24.2 Å². The Morgan fingerprint density at radius 1 is 1.43 bits per heavy atom. The third kappa shape index (κ3) is 5.14. The number of nitrogens with zero attached hydrogens (tertiary/aromatic N) is 1. The summed E-state index contributed by atoms with van der Waals surface area (Å²) in [5, 5.41) is 4.86. The normalized spacial score (nSPS) is 19.4. The van der Waals surface area contributed by atoms with Crippen molar-refractivity contribution in [3.05, 3.63) is 34.3 Å². The highest BCUT2D eigenvalue weighted by Crippen LogP contribution is 2.23. The lowest BCUT2D eigenvalue weighted by atomic mass is 10.1. The first-order valence-corrected chi connectivity index (χ1v) is 7.25. The molecule has 0 aliphatic carbocycles. The van der Waals surface area contributed by atoms with Crippen LogP contribution in [0.2, 0.25) is 5.02 Å². The molecule has 1 aromatic rings. The van der Waals surface area contributed by atoms with E-state index in [1.807, 2.05) is 13.0 Å². The van der Waals surface area contributed by atoms with Gasteiger partial charge < -0.3 is 5.32 Å². The molecule has 21 heavy (non-hydrogen) atoms. The number of aryl methyl sites for hydroxylation is 1. The summed E-state index contributed by atoms with van der Waals surface area (Å²) in [4.78, 5) is 0. The predicted molar refractivity (Wildman–Crippen MR) is 77.1 cm³/mol. The Kier molecular flexibility index (Phi) is 5.48. The minimum atomic E-state index is -4.25. The Labute approximate surface area is 127 Å².